The third-order valence-electron chi connectivity index (χ3n) is 5.56. The van der Waals surface area contributed by atoms with Crippen LogP contribution >= 0.6 is 0 Å². The van der Waals surface area contributed by atoms with Gasteiger partial charge in [-0.25, -0.2) is 0 Å². The summed E-state index contributed by atoms with van der Waals surface area (Å²) in [5, 5.41) is 2.98. The highest BCUT2D eigenvalue weighted by atomic mass is 16.1. The lowest BCUT2D eigenvalue weighted by Gasteiger charge is -2.26. The second kappa shape index (κ2) is 9.24. The number of nitrogens with zero attached hydrogens (tertiary/aromatic N) is 1. The van der Waals surface area contributed by atoms with Crippen molar-refractivity contribution in [1.29, 1.82) is 0 Å². The first-order valence-corrected chi connectivity index (χ1v) is 10.4. The lowest BCUT2D eigenvalue weighted by molar-refractivity contribution is 0.102. The molecule has 4 nitrogen and oxygen atoms in total. The van der Waals surface area contributed by atoms with Crippen LogP contribution in [0.5, 0.6) is 0 Å². The summed E-state index contributed by atoms with van der Waals surface area (Å²) in [7, 11) is 0. The van der Waals surface area contributed by atoms with E-state index in [1.54, 1.807) is 6.07 Å². The molecule has 150 valence electrons. The zero-order chi connectivity index (χ0) is 20.1. The molecule has 2 aromatic rings. The van der Waals surface area contributed by atoms with Gasteiger partial charge in [-0.05, 0) is 73.5 Å². The topological polar surface area (TPSA) is 58.4 Å². The molecule has 0 bridgehead atoms. The fourth-order valence-electron chi connectivity index (χ4n) is 4.00. The first-order chi connectivity index (χ1) is 13.4. The van der Waals surface area contributed by atoms with E-state index in [1.807, 2.05) is 31.2 Å². The van der Waals surface area contributed by atoms with Crippen LogP contribution in [-0.4, -0.2) is 30.4 Å². The fourth-order valence-corrected chi connectivity index (χ4v) is 4.00. The van der Waals surface area contributed by atoms with Gasteiger partial charge in [-0.15, -0.1) is 0 Å². The van der Waals surface area contributed by atoms with Crippen LogP contribution in [0.4, 0.5) is 11.4 Å². The molecule has 1 saturated heterocycles. The third-order valence-corrected chi connectivity index (χ3v) is 5.56. The molecule has 3 rings (SSSR count). The number of amides is 1. The van der Waals surface area contributed by atoms with Gasteiger partial charge in [0.15, 0.2) is 0 Å². The average Bonchev–Trinajstić information content (AvgIpc) is 2.89. The van der Waals surface area contributed by atoms with Crippen LogP contribution in [0.1, 0.15) is 60.5 Å². The van der Waals surface area contributed by atoms with Crippen LogP contribution in [0.3, 0.4) is 0 Å². The van der Waals surface area contributed by atoms with Crippen molar-refractivity contribution in [3.05, 3.63) is 59.2 Å². The molecule has 1 aliphatic heterocycles. The predicted octanol–water partition coefficient (Wildman–Crippen LogP) is 5.06. The SMILES string of the molecule is Cc1ccc(C(=O)Nc2ccc(C3CCCCN(CC(C)C)C3)cc2)cc1N. The third kappa shape index (κ3) is 5.35. The van der Waals surface area contributed by atoms with Gasteiger partial charge in [0.1, 0.15) is 0 Å². The Morgan fingerprint density at radius 3 is 2.61 bits per heavy atom. The number of aryl methyl sites for hydroxylation is 1. The molecule has 1 unspecified atom stereocenters. The molecule has 28 heavy (non-hydrogen) atoms. The first-order valence-electron chi connectivity index (χ1n) is 10.4. The van der Waals surface area contributed by atoms with Gasteiger partial charge in [0, 0.05) is 30.0 Å². The quantitative estimate of drug-likeness (QED) is 0.714. The zero-order valence-corrected chi connectivity index (χ0v) is 17.4. The standard InChI is InChI=1S/C24H33N3O/c1-17(2)15-27-13-5-4-6-21(16-27)19-9-11-22(12-10-19)26-24(28)20-8-7-18(3)23(25)14-20/h7-12,14,17,21H,4-6,13,15-16,25H2,1-3H3,(H,26,28). The van der Waals surface area contributed by atoms with Gasteiger partial charge in [0.2, 0.25) is 0 Å². The highest BCUT2D eigenvalue weighted by Crippen LogP contribution is 2.28. The van der Waals surface area contributed by atoms with E-state index in [4.69, 9.17) is 5.73 Å². The van der Waals surface area contributed by atoms with Gasteiger partial charge < -0.3 is 16.0 Å². The first kappa shape index (κ1) is 20.4. The summed E-state index contributed by atoms with van der Waals surface area (Å²) < 4.78 is 0. The van der Waals surface area contributed by atoms with Crippen molar-refractivity contribution in [2.24, 2.45) is 5.92 Å². The summed E-state index contributed by atoms with van der Waals surface area (Å²) in [6.45, 7) is 10.0. The minimum atomic E-state index is -0.128. The monoisotopic (exact) mass is 379 g/mol. The molecule has 1 aliphatic rings. The Hall–Kier alpha value is -2.33. The summed E-state index contributed by atoms with van der Waals surface area (Å²) in [6.07, 6.45) is 3.81. The molecule has 0 aromatic heterocycles. The minimum absolute atomic E-state index is 0.128. The van der Waals surface area contributed by atoms with E-state index in [2.05, 4.69) is 36.2 Å². The molecule has 1 heterocycles. The van der Waals surface area contributed by atoms with Gasteiger partial charge in [-0.2, -0.15) is 0 Å². The molecule has 0 spiro atoms. The van der Waals surface area contributed by atoms with E-state index in [0.29, 0.717) is 23.1 Å². The van der Waals surface area contributed by atoms with E-state index in [9.17, 15) is 4.79 Å². The Labute approximate surface area is 169 Å². The van der Waals surface area contributed by atoms with Crippen molar-refractivity contribution in [3.63, 3.8) is 0 Å². The summed E-state index contributed by atoms with van der Waals surface area (Å²) >= 11 is 0. The zero-order valence-electron chi connectivity index (χ0n) is 17.4. The molecule has 2 aromatic carbocycles. The van der Waals surface area contributed by atoms with Crippen molar-refractivity contribution in [1.82, 2.24) is 4.90 Å². The van der Waals surface area contributed by atoms with Crippen LogP contribution in [0.25, 0.3) is 0 Å². The van der Waals surface area contributed by atoms with Gasteiger partial charge >= 0.3 is 0 Å². The number of hydrogen-bond acceptors (Lipinski definition) is 3. The summed E-state index contributed by atoms with van der Waals surface area (Å²) in [5.41, 5.74) is 10.3. The number of carbonyl (C=O) groups is 1. The summed E-state index contributed by atoms with van der Waals surface area (Å²) in [5.74, 6) is 1.15. The molecule has 0 radical (unpaired) electrons. The number of nitrogens with two attached hydrogens (primary N) is 1. The molecule has 0 aliphatic carbocycles. The minimum Gasteiger partial charge on any atom is -0.398 e. The average molecular weight is 380 g/mol. The molecular formula is C24H33N3O. The Kier molecular flexibility index (Phi) is 6.74. The number of rotatable bonds is 5. The van der Waals surface area contributed by atoms with E-state index >= 15 is 0 Å². The number of carbonyl (C=O) groups excluding carboxylic acids is 1. The lowest BCUT2D eigenvalue weighted by atomic mass is 9.94. The molecule has 1 fully saturated rings. The van der Waals surface area contributed by atoms with E-state index in [1.165, 1.54) is 37.9 Å². The van der Waals surface area contributed by atoms with Crippen molar-refractivity contribution in [2.75, 3.05) is 30.7 Å². The maximum Gasteiger partial charge on any atom is 0.255 e. The van der Waals surface area contributed by atoms with Crippen molar-refractivity contribution in [3.8, 4) is 0 Å². The molecule has 1 atom stereocenters. The van der Waals surface area contributed by atoms with Crippen molar-refractivity contribution in [2.45, 2.75) is 46.0 Å². The van der Waals surface area contributed by atoms with E-state index < -0.39 is 0 Å². The van der Waals surface area contributed by atoms with Crippen LogP contribution in [0.15, 0.2) is 42.5 Å². The lowest BCUT2D eigenvalue weighted by Crippen LogP contribution is -2.31. The fraction of sp³-hybridized carbons (Fsp3) is 0.458. The van der Waals surface area contributed by atoms with Crippen molar-refractivity contribution < 1.29 is 4.79 Å². The number of anilines is 2. The smallest absolute Gasteiger partial charge is 0.255 e. The van der Waals surface area contributed by atoms with E-state index in [-0.39, 0.29) is 5.91 Å². The van der Waals surface area contributed by atoms with Crippen LogP contribution < -0.4 is 11.1 Å². The Morgan fingerprint density at radius 1 is 1.18 bits per heavy atom. The maximum atomic E-state index is 12.5. The van der Waals surface area contributed by atoms with Gasteiger partial charge in [0.25, 0.3) is 5.91 Å². The number of nitrogens with one attached hydrogen (secondary N) is 1. The highest BCUT2D eigenvalue weighted by molar-refractivity contribution is 6.04. The maximum absolute atomic E-state index is 12.5. The van der Waals surface area contributed by atoms with Gasteiger partial charge in [-0.1, -0.05) is 38.5 Å². The number of benzene rings is 2. The Balaban J connectivity index is 1.65. The summed E-state index contributed by atoms with van der Waals surface area (Å²) in [6, 6.07) is 13.8. The number of nitrogen functional groups attached to an aromatic ring is 1. The van der Waals surface area contributed by atoms with E-state index in [0.717, 1.165) is 17.8 Å². The van der Waals surface area contributed by atoms with Gasteiger partial charge in [0.05, 0.1) is 0 Å². The Morgan fingerprint density at radius 2 is 1.93 bits per heavy atom. The predicted molar refractivity (Wildman–Crippen MR) is 118 cm³/mol. The normalized spacial score (nSPS) is 18.1. The largest absolute Gasteiger partial charge is 0.398 e. The second-order valence-electron chi connectivity index (χ2n) is 8.49. The molecular weight excluding hydrogens is 346 g/mol. The van der Waals surface area contributed by atoms with Crippen LogP contribution in [0.2, 0.25) is 0 Å². The highest BCUT2D eigenvalue weighted by Gasteiger charge is 2.20. The Bertz CT molecular complexity index is 798. The molecule has 3 N–H and O–H groups in total. The van der Waals surface area contributed by atoms with Crippen LogP contribution in [0, 0.1) is 12.8 Å². The second-order valence-corrected chi connectivity index (χ2v) is 8.49. The summed E-state index contributed by atoms with van der Waals surface area (Å²) in [4.78, 5) is 15.1. The molecule has 0 saturated carbocycles. The number of hydrogen-bond donors (Lipinski definition) is 2. The molecule has 4 heteroatoms. The van der Waals surface area contributed by atoms with Gasteiger partial charge in [-0.3, -0.25) is 4.79 Å². The van der Waals surface area contributed by atoms with Crippen LogP contribution in [-0.2, 0) is 0 Å². The van der Waals surface area contributed by atoms with Crippen molar-refractivity contribution >= 4 is 17.3 Å². The number of likely N-dealkylation sites (tertiary alicyclic amines) is 1. The molecule has 1 amide bonds.